The summed E-state index contributed by atoms with van der Waals surface area (Å²) < 4.78 is 1.74. The molecule has 86 valence electrons. The second-order valence-electron chi connectivity index (χ2n) is 3.01. The molecule has 0 saturated carbocycles. The molecule has 0 aliphatic carbocycles. The van der Waals surface area contributed by atoms with Gasteiger partial charge in [-0.3, -0.25) is 4.79 Å². The van der Waals surface area contributed by atoms with E-state index in [9.17, 15) is 0 Å². The smallest absolute Gasteiger partial charge is 0.290 e. The molecule has 0 amide bonds. The molecule has 0 aliphatic rings. The van der Waals surface area contributed by atoms with E-state index in [-0.39, 0.29) is 6.47 Å². The Morgan fingerprint density at radius 1 is 1.41 bits per heavy atom. The molecule has 0 radical (unpaired) electrons. The van der Waals surface area contributed by atoms with Gasteiger partial charge >= 0.3 is 0 Å². The first kappa shape index (κ1) is 12.4. The highest BCUT2D eigenvalue weighted by molar-refractivity contribution is 5.32. The lowest BCUT2D eigenvalue weighted by molar-refractivity contribution is -0.122. The van der Waals surface area contributed by atoms with Crippen LogP contribution in [0.1, 0.15) is 11.1 Å². The van der Waals surface area contributed by atoms with Crippen LogP contribution in [0.2, 0.25) is 0 Å². The van der Waals surface area contributed by atoms with Crippen molar-refractivity contribution < 1.29 is 9.90 Å². The molecule has 6 nitrogen and oxygen atoms in total. The number of aromatic nitrogens is 3. The van der Waals surface area contributed by atoms with E-state index >= 15 is 0 Å². The second kappa shape index (κ2) is 6.74. The van der Waals surface area contributed by atoms with Crippen molar-refractivity contribution in [3.8, 4) is 6.07 Å². The maximum Gasteiger partial charge on any atom is 0.290 e. The van der Waals surface area contributed by atoms with Gasteiger partial charge in [0.1, 0.15) is 12.7 Å². The van der Waals surface area contributed by atoms with E-state index in [1.54, 1.807) is 23.1 Å². The summed E-state index contributed by atoms with van der Waals surface area (Å²) in [5, 5.41) is 19.5. The van der Waals surface area contributed by atoms with Crippen LogP contribution >= 0.6 is 0 Å². The summed E-state index contributed by atoms with van der Waals surface area (Å²) in [4.78, 5) is 12.2. The highest BCUT2D eigenvalue weighted by Crippen LogP contribution is 2.04. The lowest BCUT2D eigenvalue weighted by Crippen LogP contribution is -1.99. The molecule has 0 unspecified atom stereocenters. The van der Waals surface area contributed by atoms with Gasteiger partial charge in [-0.15, -0.1) is 0 Å². The minimum Gasteiger partial charge on any atom is -0.483 e. The van der Waals surface area contributed by atoms with E-state index in [0.29, 0.717) is 12.1 Å². The van der Waals surface area contributed by atoms with E-state index < -0.39 is 0 Å². The lowest BCUT2D eigenvalue weighted by atomic mass is 10.1. The average Bonchev–Trinajstić information content (AvgIpc) is 2.84. The Morgan fingerprint density at radius 2 is 2.06 bits per heavy atom. The van der Waals surface area contributed by atoms with Crippen molar-refractivity contribution >= 4 is 6.47 Å². The zero-order chi connectivity index (χ0) is 12.5. The Bertz CT molecular complexity index is 485. The Hall–Kier alpha value is -2.68. The molecule has 6 heteroatoms. The molecule has 2 rings (SSSR count). The fourth-order valence-electron chi connectivity index (χ4n) is 1.19. The number of carbonyl (C=O) groups is 1. The van der Waals surface area contributed by atoms with Gasteiger partial charge in [-0.1, -0.05) is 12.1 Å². The molecule has 1 N–H and O–H groups in total. The first-order valence-electron chi connectivity index (χ1n) is 4.69. The molecule has 1 heterocycles. The highest BCUT2D eigenvalue weighted by Gasteiger charge is 1.95. The van der Waals surface area contributed by atoms with Crippen LogP contribution in [0.5, 0.6) is 0 Å². The minimum atomic E-state index is -0.250. The standard InChI is InChI=1S/C10H8N4.CH2O2/c11-5-9-1-3-10(4-2-9)6-14-8-12-7-13-14;2-1-3/h1-4,7-8H,6H2;1H,(H,2,3). The van der Waals surface area contributed by atoms with E-state index in [1.807, 2.05) is 12.1 Å². The minimum absolute atomic E-state index is 0.250. The first-order chi connectivity index (χ1) is 8.30. The number of carboxylic acid groups (broad SMARTS) is 1. The van der Waals surface area contributed by atoms with Crippen LogP contribution in [0.25, 0.3) is 0 Å². The number of hydrogen-bond acceptors (Lipinski definition) is 4. The third kappa shape index (κ3) is 4.13. The van der Waals surface area contributed by atoms with Crippen molar-refractivity contribution in [2.24, 2.45) is 0 Å². The summed E-state index contributed by atoms with van der Waals surface area (Å²) in [6.45, 7) is 0.436. The largest absolute Gasteiger partial charge is 0.483 e. The van der Waals surface area contributed by atoms with Gasteiger partial charge in [-0.05, 0) is 17.7 Å². The van der Waals surface area contributed by atoms with Gasteiger partial charge in [0.15, 0.2) is 0 Å². The van der Waals surface area contributed by atoms with E-state index in [1.165, 1.54) is 6.33 Å². The quantitative estimate of drug-likeness (QED) is 0.774. The lowest BCUT2D eigenvalue weighted by Gasteiger charge is -2.00. The zero-order valence-electron chi connectivity index (χ0n) is 8.89. The Labute approximate surface area is 97.8 Å². The van der Waals surface area contributed by atoms with Crippen LogP contribution in [-0.4, -0.2) is 26.3 Å². The Balaban J connectivity index is 0.000000437. The maximum absolute atomic E-state index is 8.61. The number of rotatable bonds is 2. The molecule has 0 bridgehead atoms. The summed E-state index contributed by atoms with van der Waals surface area (Å²) in [7, 11) is 0. The van der Waals surface area contributed by atoms with Crippen molar-refractivity contribution in [1.29, 1.82) is 5.26 Å². The molecule has 17 heavy (non-hydrogen) atoms. The maximum atomic E-state index is 8.61. The molecule has 0 atom stereocenters. The van der Waals surface area contributed by atoms with Gasteiger partial charge < -0.3 is 5.11 Å². The van der Waals surface area contributed by atoms with Crippen LogP contribution in [0.3, 0.4) is 0 Å². The predicted octanol–water partition coefficient (Wildman–Crippen LogP) is 0.899. The molecule has 2 aromatic rings. The van der Waals surface area contributed by atoms with Gasteiger partial charge in [-0.25, -0.2) is 9.67 Å². The van der Waals surface area contributed by atoms with Gasteiger partial charge in [0, 0.05) is 0 Å². The molecular formula is C11H10N4O2. The SMILES string of the molecule is N#Cc1ccc(Cn2cncn2)cc1.O=CO. The fourth-order valence-corrected chi connectivity index (χ4v) is 1.19. The predicted molar refractivity (Wildman–Crippen MR) is 59.0 cm³/mol. The summed E-state index contributed by atoms with van der Waals surface area (Å²) >= 11 is 0. The summed E-state index contributed by atoms with van der Waals surface area (Å²) in [6, 6.07) is 9.51. The number of benzene rings is 1. The van der Waals surface area contributed by atoms with E-state index in [0.717, 1.165) is 5.56 Å². The van der Waals surface area contributed by atoms with E-state index in [4.69, 9.17) is 15.2 Å². The molecule has 0 aliphatic heterocycles. The van der Waals surface area contributed by atoms with Gasteiger partial charge in [0.2, 0.25) is 0 Å². The normalized spacial score (nSPS) is 8.65. The van der Waals surface area contributed by atoms with Crippen LogP contribution < -0.4 is 0 Å². The van der Waals surface area contributed by atoms with Crippen molar-refractivity contribution in [1.82, 2.24) is 14.8 Å². The third-order valence-corrected chi connectivity index (χ3v) is 1.89. The highest BCUT2D eigenvalue weighted by atomic mass is 16.3. The average molecular weight is 230 g/mol. The van der Waals surface area contributed by atoms with E-state index in [2.05, 4.69) is 16.2 Å². The third-order valence-electron chi connectivity index (χ3n) is 1.89. The number of nitrogens with zero attached hydrogens (tertiary/aromatic N) is 4. The number of hydrogen-bond donors (Lipinski definition) is 1. The van der Waals surface area contributed by atoms with Crippen molar-refractivity contribution in [3.05, 3.63) is 48.0 Å². The molecule has 0 saturated heterocycles. The summed E-state index contributed by atoms with van der Waals surface area (Å²) in [5.41, 5.74) is 1.78. The van der Waals surface area contributed by atoms with Gasteiger partial charge in [0.05, 0.1) is 18.2 Å². The van der Waals surface area contributed by atoms with Crippen LogP contribution in [0, 0.1) is 11.3 Å². The monoisotopic (exact) mass is 230 g/mol. The van der Waals surface area contributed by atoms with Crippen LogP contribution in [0.15, 0.2) is 36.9 Å². The topological polar surface area (TPSA) is 91.8 Å². The number of nitriles is 1. The molecule has 1 aromatic carbocycles. The van der Waals surface area contributed by atoms with Crippen molar-refractivity contribution in [3.63, 3.8) is 0 Å². The van der Waals surface area contributed by atoms with Gasteiger partial charge in [-0.2, -0.15) is 10.4 Å². The molecule has 1 aromatic heterocycles. The first-order valence-corrected chi connectivity index (χ1v) is 4.69. The fraction of sp³-hybridized carbons (Fsp3) is 0.0909. The zero-order valence-corrected chi connectivity index (χ0v) is 8.89. The van der Waals surface area contributed by atoms with Crippen LogP contribution in [-0.2, 0) is 11.3 Å². The van der Waals surface area contributed by atoms with Crippen LogP contribution in [0.4, 0.5) is 0 Å². The van der Waals surface area contributed by atoms with Gasteiger partial charge in [0.25, 0.3) is 6.47 Å². The Morgan fingerprint density at radius 3 is 2.53 bits per heavy atom. The second-order valence-corrected chi connectivity index (χ2v) is 3.01. The summed E-state index contributed by atoms with van der Waals surface area (Å²) in [6.07, 6.45) is 3.17. The molecular weight excluding hydrogens is 220 g/mol. The van der Waals surface area contributed by atoms with Crippen molar-refractivity contribution in [2.45, 2.75) is 6.54 Å². The van der Waals surface area contributed by atoms with Crippen molar-refractivity contribution in [2.75, 3.05) is 0 Å². The molecule has 0 spiro atoms. The summed E-state index contributed by atoms with van der Waals surface area (Å²) in [5.74, 6) is 0. The Kier molecular flexibility index (Phi) is 4.91. The molecule has 0 fully saturated rings.